The van der Waals surface area contributed by atoms with Crippen LogP contribution < -0.4 is 0 Å². The lowest BCUT2D eigenvalue weighted by Crippen LogP contribution is -2.57. The van der Waals surface area contributed by atoms with Crippen LogP contribution in [0.15, 0.2) is 36.0 Å². The Kier molecular flexibility index (Phi) is 5.55. The molecule has 0 N–H and O–H groups in total. The summed E-state index contributed by atoms with van der Waals surface area (Å²) in [7, 11) is 0. The van der Waals surface area contributed by atoms with Crippen molar-refractivity contribution in [1.82, 2.24) is 0 Å². The number of ketones is 1. The van der Waals surface area contributed by atoms with Gasteiger partial charge in [0.2, 0.25) is 0 Å². The van der Waals surface area contributed by atoms with Gasteiger partial charge in [0.15, 0.2) is 0 Å². The summed E-state index contributed by atoms with van der Waals surface area (Å²) in [6, 6.07) is 0. The van der Waals surface area contributed by atoms with Crippen LogP contribution in [0.3, 0.4) is 0 Å². The molecule has 0 aliphatic heterocycles. The average molecular weight is 423 g/mol. The van der Waals surface area contributed by atoms with Gasteiger partial charge in [0.05, 0.1) is 0 Å². The van der Waals surface area contributed by atoms with Gasteiger partial charge in [0, 0.05) is 11.8 Å². The van der Waals surface area contributed by atoms with Gasteiger partial charge in [-0.05, 0) is 91.8 Å². The number of rotatable bonds is 4. The van der Waals surface area contributed by atoms with Crippen LogP contribution in [0.4, 0.5) is 0 Å². The number of fused-ring (bicyclic) bond motifs is 5. The minimum Gasteiger partial charge on any atom is -0.299 e. The largest absolute Gasteiger partial charge is 0.299 e. The highest BCUT2D eigenvalue weighted by Crippen LogP contribution is 2.73. The summed E-state index contributed by atoms with van der Waals surface area (Å²) in [5.41, 5.74) is 3.79. The fourth-order valence-corrected chi connectivity index (χ4v) is 9.11. The summed E-state index contributed by atoms with van der Waals surface area (Å²) in [5.74, 6) is 3.19. The predicted molar refractivity (Wildman–Crippen MR) is 132 cm³/mol. The smallest absolute Gasteiger partial charge is 0.138 e. The van der Waals surface area contributed by atoms with E-state index in [4.69, 9.17) is 0 Å². The van der Waals surface area contributed by atoms with Crippen molar-refractivity contribution in [1.29, 1.82) is 0 Å². The molecule has 31 heavy (non-hydrogen) atoms. The van der Waals surface area contributed by atoms with Crippen LogP contribution >= 0.6 is 0 Å². The van der Waals surface area contributed by atoms with E-state index in [0.717, 1.165) is 36.7 Å². The molecular weight excluding hydrogens is 376 g/mol. The molecular formula is C30H46O. The van der Waals surface area contributed by atoms with Gasteiger partial charge < -0.3 is 0 Å². The fourth-order valence-electron chi connectivity index (χ4n) is 9.11. The number of carbonyl (C=O) groups excluding carboxylic acids is 1. The van der Waals surface area contributed by atoms with Crippen molar-refractivity contribution in [3.05, 3.63) is 36.0 Å². The predicted octanol–water partition coefficient (Wildman–Crippen LogP) is 8.32. The van der Waals surface area contributed by atoms with Crippen molar-refractivity contribution in [2.75, 3.05) is 0 Å². The lowest BCUT2D eigenvalue weighted by atomic mass is 9.41. The Morgan fingerprint density at radius 1 is 1.16 bits per heavy atom. The van der Waals surface area contributed by atoms with Gasteiger partial charge in [-0.25, -0.2) is 0 Å². The quantitative estimate of drug-likeness (QED) is 0.329. The van der Waals surface area contributed by atoms with Crippen LogP contribution in [0.1, 0.15) is 99.8 Å². The zero-order valence-electron chi connectivity index (χ0n) is 21.3. The molecule has 0 amide bonds. The highest BCUT2D eigenvalue weighted by atomic mass is 16.1. The Bertz CT molecular complexity index is 827. The summed E-state index contributed by atoms with van der Waals surface area (Å²) >= 11 is 0. The first-order valence-corrected chi connectivity index (χ1v) is 12.9. The molecule has 1 heteroatoms. The number of hydrogen-bond donors (Lipinski definition) is 0. The van der Waals surface area contributed by atoms with Gasteiger partial charge in [-0.3, -0.25) is 4.79 Å². The molecule has 4 aliphatic carbocycles. The van der Waals surface area contributed by atoms with Crippen LogP contribution in [0.25, 0.3) is 0 Å². The molecule has 172 valence electrons. The third-order valence-electron chi connectivity index (χ3n) is 11.2. The normalized spacial score (nSPS) is 44.9. The topological polar surface area (TPSA) is 17.1 Å². The Labute approximate surface area is 191 Å². The summed E-state index contributed by atoms with van der Waals surface area (Å²) in [4.78, 5) is 12.8. The second kappa shape index (κ2) is 7.46. The zero-order valence-corrected chi connectivity index (χ0v) is 21.3. The van der Waals surface area contributed by atoms with Crippen LogP contribution in [-0.4, -0.2) is 5.78 Å². The van der Waals surface area contributed by atoms with E-state index in [1.807, 2.05) is 0 Å². The number of carbonyl (C=O) groups is 1. The Morgan fingerprint density at radius 3 is 2.55 bits per heavy atom. The second-order valence-corrected chi connectivity index (χ2v) is 13.0. The van der Waals surface area contributed by atoms with E-state index < -0.39 is 0 Å². The molecule has 4 rings (SSSR count). The van der Waals surface area contributed by atoms with Crippen LogP contribution in [-0.2, 0) is 4.79 Å². The highest BCUT2D eigenvalue weighted by molar-refractivity contribution is 5.85. The summed E-state index contributed by atoms with van der Waals surface area (Å²) in [6.45, 7) is 20.8. The SMILES string of the molecule is C=C(C)/C=C/C[C@H](C)[C@@H]1CC[C@]2(C)C3=CCC4C(C)(C)C(=O)CC[C@]4(C)[C@H]3CC[C@@]12C. The summed E-state index contributed by atoms with van der Waals surface area (Å²) < 4.78 is 0. The molecule has 7 atom stereocenters. The van der Waals surface area contributed by atoms with E-state index in [1.165, 1.54) is 32.1 Å². The van der Waals surface area contributed by atoms with Gasteiger partial charge in [-0.2, -0.15) is 0 Å². The summed E-state index contributed by atoms with van der Waals surface area (Å²) in [5, 5.41) is 0. The van der Waals surface area contributed by atoms with E-state index in [9.17, 15) is 4.79 Å². The molecule has 1 nitrogen and oxygen atoms in total. The van der Waals surface area contributed by atoms with Crippen molar-refractivity contribution >= 4 is 5.78 Å². The first kappa shape index (κ1) is 23.1. The first-order chi connectivity index (χ1) is 14.4. The standard InChI is InChI=1S/C30H46O/c1-20(2)10-9-11-21(3)22-14-18-30(8)24-12-13-25-27(4,5)26(31)16-17-28(25,6)23(24)15-19-29(22,30)7/h9-10,12,21-23,25H,1,11,13-19H2,2-8H3/b10-9+/t21-,22-,23-,25?,28+,29-,30+/m0/s1. The second-order valence-electron chi connectivity index (χ2n) is 13.0. The van der Waals surface area contributed by atoms with Gasteiger partial charge in [-0.15, -0.1) is 0 Å². The number of Topliss-reactive ketones (excluding diaryl/α,β-unsaturated/α-hetero) is 1. The molecule has 0 heterocycles. The first-order valence-electron chi connectivity index (χ1n) is 12.9. The molecule has 1 unspecified atom stereocenters. The van der Waals surface area contributed by atoms with Gasteiger partial charge in [-0.1, -0.05) is 77.5 Å². The molecule has 3 fully saturated rings. The third kappa shape index (κ3) is 3.19. The summed E-state index contributed by atoms with van der Waals surface area (Å²) in [6.07, 6.45) is 16.7. The number of allylic oxidation sites excluding steroid dienone is 5. The van der Waals surface area contributed by atoms with Crippen molar-refractivity contribution in [3.63, 3.8) is 0 Å². The molecule has 0 aromatic carbocycles. The van der Waals surface area contributed by atoms with Crippen LogP contribution in [0.5, 0.6) is 0 Å². The maximum atomic E-state index is 12.8. The third-order valence-corrected chi connectivity index (χ3v) is 11.2. The van der Waals surface area contributed by atoms with Gasteiger partial charge in [0.1, 0.15) is 5.78 Å². The van der Waals surface area contributed by atoms with E-state index in [2.05, 4.69) is 73.3 Å². The van der Waals surface area contributed by atoms with Crippen molar-refractivity contribution in [2.45, 2.75) is 99.8 Å². The van der Waals surface area contributed by atoms with E-state index in [1.54, 1.807) is 5.57 Å². The monoisotopic (exact) mass is 422 g/mol. The Morgan fingerprint density at radius 2 is 1.87 bits per heavy atom. The number of hydrogen-bond acceptors (Lipinski definition) is 1. The molecule has 0 spiro atoms. The lowest BCUT2D eigenvalue weighted by molar-refractivity contribution is -0.146. The van der Waals surface area contributed by atoms with Crippen LogP contribution in [0.2, 0.25) is 0 Å². The minimum absolute atomic E-state index is 0.168. The Balaban J connectivity index is 1.65. The molecule has 0 radical (unpaired) electrons. The van der Waals surface area contributed by atoms with Crippen molar-refractivity contribution in [3.8, 4) is 0 Å². The van der Waals surface area contributed by atoms with Crippen LogP contribution in [0, 0.1) is 45.3 Å². The fraction of sp³-hybridized carbons (Fsp3) is 0.767. The van der Waals surface area contributed by atoms with Crippen molar-refractivity contribution in [2.24, 2.45) is 45.3 Å². The zero-order chi connectivity index (χ0) is 22.8. The molecule has 0 aromatic heterocycles. The lowest BCUT2D eigenvalue weighted by Gasteiger charge is -2.63. The molecule has 0 bridgehead atoms. The maximum absolute atomic E-state index is 12.8. The van der Waals surface area contributed by atoms with E-state index in [0.29, 0.717) is 33.9 Å². The van der Waals surface area contributed by atoms with E-state index in [-0.39, 0.29) is 5.41 Å². The maximum Gasteiger partial charge on any atom is 0.138 e. The molecule has 0 aromatic rings. The van der Waals surface area contributed by atoms with Gasteiger partial charge >= 0.3 is 0 Å². The molecule has 4 aliphatic rings. The average Bonchev–Trinajstić information content (AvgIpc) is 2.96. The van der Waals surface area contributed by atoms with Crippen molar-refractivity contribution < 1.29 is 4.79 Å². The molecule has 0 saturated heterocycles. The Hall–Kier alpha value is -1.11. The highest BCUT2D eigenvalue weighted by Gasteiger charge is 2.65. The van der Waals surface area contributed by atoms with E-state index >= 15 is 0 Å². The molecule has 3 saturated carbocycles. The minimum atomic E-state index is -0.168. The van der Waals surface area contributed by atoms with Gasteiger partial charge in [0.25, 0.3) is 0 Å².